The first kappa shape index (κ1) is 15.4. The van der Waals surface area contributed by atoms with Crippen LogP contribution in [0.3, 0.4) is 0 Å². The van der Waals surface area contributed by atoms with Crippen molar-refractivity contribution in [3.8, 4) is 0 Å². The molecule has 0 unspecified atom stereocenters. The van der Waals surface area contributed by atoms with E-state index in [1.807, 2.05) is 0 Å². The minimum absolute atomic E-state index is 0.684. The Morgan fingerprint density at radius 2 is 2.00 bits per heavy atom. The Morgan fingerprint density at radius 1 is 1.30 bits per heavy atom. The predicted octanol–water partition coefficient (Wildman–Crippen LogP) is 3.00. The van der Waals surface area contributed by atoms with Crippen molar-refractivity contribution in [2.75, 3.05) is 18.5 Å². The van der Waals surface area contributed by atoms with Gasteiger partial charge >= 0.3 is 0 Å². The molecule has 1 aromatic heterocycles. The number of anilines is 1. The van der Waals surface area contributed by atoms with Gasteiger partial charge in [-0.05, 0) is 32.7 Å². The molecule has 0 aromatic carbocycles. The fraction of sp³-hybridized carbons (Fsp3) is 0.812. The van der Waals surface area contributed by atoms with Crippen LogP contribution in [-0.2, 0) is 13.6 Å². The number of hydrogen-bond donors (Lipinski definition) is 1. The maximum Gasteiger partial charge on any atom is 0.131 e. The SMILES string of the molecule is CCCNCc1c(C)nn(C)c1N(C)C1CCCCC1. The van der Waals surface area contributed by atoms with E-state index in [9.17, 15) is 0 Å². The number of nitrogens with one attached hydrogen (secondary N) is 1. The summed E-state index contributed by atoms with van der Waals surface area (Å²) in [7, 11) is 4.32. The summed E-state index contributed by atoms with van der Waals surface area (Å²) in [5, 5.41) is 8.16. The number of aryl methyl sites for hydroxylation is 2. The lowest BCUT2D eigenvalue weighted by molar-refractivity contribution is 0.422. The van der Waals surface area contributed by atoms with Crippen LogP contribution >= 0.6 is 0 Å². The van der Waals surface area contributed by atoms with Crippen molar-refractivity contribution in [1.82, 2.24) is 15.1 Å². The fourth-order valence-corrected chi connectivity index (χ4v) is 3.37. The van der Waals surface area contributed by atoms with Crippen molar-refractivity contribution < 1.29 is 0 Å². The Morgan fingerprint density at radius 3 is 2.65 bits per heavy atom. The van der Waals surface area contributed by atoms with Gasteiger partial charge < -0.3 is 10.2 Å². The largest absolute Gasteiger partial charge is 0.357 e. The van der Waals surface area contributed by atoms with Gasteiger partial charge in [-0.1, -0.05) is 26.2 Å². The molecule has 1 heterocycles. The Hall–Kier alpha value is -1.03. The van der Waals surface area contributed by atoms with Crippen LogP contribution in [0.25, 0.3) is 0 Å². The maximum absolute atomic E-state index is 4.64. The Balaban J connectivity index is 2.15. The molecule has 0 spiro atoms. The second-order valence-corrected chi connectivity index (χ2v) is 6.09. The van der Waals surface area contributed by atoms with Gasteiger partial charge in [0.25, 0.3) is 0 Å². The molecular weight excluding hydrogens is 248 g/mol. The highest BCUT2D eigenvalue weighted by atomic mass is 15.4. The Labute approximate surface area is 123 Å². The zero-order valence-electron chi connectivity index (χ0n) is 13.6. The average Bonchev–Trinajstić information content (AvgIpc) is 2.74. The molecule has 0 atom stereocenters. The molecule has 4 nitrogen and oxygen atoms in total. The van der Waals surface area contributed by atoms with E-state index in [4.69, 9.17) is 0 Å². The summed E-state index contributed by atoms with van der Waals surface area (Å²) in [5.74, 6) is 1.30. The molecule has 1 aliphatic carbocycles. The van der Waals surface area contributed by atoms with Crippen LogP contribution in [-0.4, -0.2) is 29.4 Å². The zero-order valence-corrected chi connectivity index (χ0v) is 13.6. The molecule has 1 aliphatic rings. The van der Waals surface area contributed by atoms with Crippen LogP contribution in [0.15, 0.2) is 0 Å². The van der Waals surface area contributed by atoms with E-state index in [1.54, 1.807) is 0 Å². The van der Waals surface area contributed by atoms with E-state index in [0.717, 1.165) is 18.8 Å². The molecule has 0 amide bonds. The molecule has 114 valence electrons. The van der Waals surface area contributed by atoms with Gasteiger partial charge in [-0.3, -0.25) is 4.68 Å². The van der Waals surface area contributed by atoms with Crippen molar-refractivity contribution in [2.45, 2.75) is 65.0 Å². The molecule has 1 saturated carbocycles. The number of nitrogens with zero attached hydrogens (tertiary/aromatic N) is 3. The molecule has 20 heavy (non-hydrogen) atoms. The quantitative estimate of drug-likeness (QED) is 0.812. The second-order valence-electron chi connectivity index (χ2n) is 6.09. The molecule has 1 fully saturated rings. The highest BCUT2D eigenvalue weighted by Crippen LogP contribution is 2.29. The molecule has 1 aromatic rings. The summed E-state index contributed by atoms with van der Waals surface area (Å²) in [6.45, 7) is 6.33. The lowest BCUT2D eigenvalue weighted by Crippen LogP contribution is -2.35. The molecule has 0 aliphatic heterocycles. The van der Waals surface area contributed by atoms with Crippen molar-refractivity contribution in [1.29, 1.82) is 0 Å². The number of hydrogen-bond acceptors (Lipinski definition) is 3. The third-order valence-electron chi connectivity index (χ3n) is 4.50. The lowest BCUT2D eigenvalue weighted by atomic mass is 9.94. The van der Waals surface area contributed by atoms with E-state index in [0.29, 0.717) is 6.04 Å². The smallest absolute Gasteiger partial charge is 0.131 e. The summed E-state index contributed by atoms with van der Waals surface area (Å²) in [5.41, 5.74) is 2.53. The molecular formula is C16H30N4. The molecule has 0 bridgehead atoms. The maximum atomic E-state index is 4.64. The first-order valence-corrected chi connectivity index (χ1v) is 8.11. The molecule has 1 N–H and O–H groups in total. The highest BCUT2D eigenvalue weighted by molar-refractivity contribution is 5.50. The van der Waals surface area contributed by atoms with Crippen LogP contribution in [0, 0.1) is 6.92 Å². The molecule has 4 heteroatoms. The Bertz CT molecular complexity index is 418. The molecule has 0 saturated heterocycles. The highest BCUT2D eigenvalue weighted by Gasteiger charge is 2.24. The van der Waals surface area contributed by atoms with Gasteiger partial charge in [0.15, 0.2) is 0 Å². The van der Waals surface area contributed by atoms with Gasteiger partial charge in [-0.2, -0.15) is 5.10 Å². The third-order valence-corrected chi connectivity index (χ3v) is 4.50. The second kappa shape index (κ2) is 7.11. The molecule has 0 radical (unpaired) electrons. The van der Waals surface area contributed by atoms with E-state index in [-0.39, 0.29) is 0 Å². The van der Waals surface area contributed by atoms with E-state index < -0.39 is 0 Å². The zero-order chi connectivity index (χ0) is 14.5. The van der Waals surface area contributed by atoms with Gasteiger partial charge in [0.1, 0.15) is 5.82 Å². The van der Waals surface area contributed by atoms with Crippen LogP contribution in [0.1, 0.15) is 56.7 Å². The number of aromatic nitrogens is 2. The van der Waals surface area contributed by atoms with E-state index in [1.165, 1.54) is 49.9 Å². The summed E-state index contributed by atoms with van der Waals surface area (Å²) >= 11 is 0. The predicted molar refractivity (Wildman–Crippen MR) is 85.2 cm³/mol. The molecule has 2 rings (SSSR count). The monoisotopic (exact) mass is 278 g/mol. The normalized spacial score (nSPS) is 16.6. The van der Waals surface area contributed by atoms with E-state index >= 15 is 0 Å². The average molecular weight is 278 g/mol. The summed E-state index contributed by atoms with van der Waals surface area (Å²) in [4.78, 5) is 2.47. The topological polar surface area (TPSA) is 33.1 Å². The lowest BCUT2D eigenvalue weighted by Gasteiger charge is -2.33. The summed E-state index contributed by atoms with van der Waals surface area (Å²) < 4.78 is 2.06. The van der Waals surface area contributed by atoms with Crippen molar-refractivity contribution >= 4 is 5.82 Å². The summed E-state index contributed by atoms with van der Waals surface area (Å²) in [6.07, 6.45) is 7.96. The van der Waals surface area contributed by atoms with Crippen molar-refractivity contribution in [3.05, 3.63) is 11.3 Å². The van der Waals surface area contributed by atoms with Gasteiger partial charge in [-0.15, -0.1) is 0 Å². The van der Waals surface area contributed by atoms with Crippen LogP contribution in [0.2, 0.25) is 0 Å². The van der Waals surface area contributed by atoms with Gasteiger partial charge in [0.2, 0.25) is 0 Å². The Kier molecular flexibility index (Phi) is 5.46. The first-order chi connectivity index (χ1) is 9.65. The van der Waals surface area contributed by atoms with Gasteiger partial charge in [-0.25, -0.2) is 0 Å². The third kappa shape index (κ3) is 3.35. The van der Waals surface area contributed by atoms with E-state index in [2.05, 4.69) is 47.9 Å². The van der Waals surface area contributed by atoms with Crippen molar-refractivity contribution in [2.24, 2.45) is 7.05 Å². The minimum atomic E-state index is 0.684. The summed E-state index contributed by atoms with van der Waals surface area (Å²) in [6, 6.07) is 0.684. The first-order valence-electron chi connectivity index (χ1n) is 8.11. The fourth-order valence-electron chi connectivity index (χ4n) is 3.37. The van der Waals surface area contributed by atoms with Crippen LogP contribution < -0.4 is 10.2 Å². The van der Waals surface area contributed by atoms with Crippen molar-refractivity contribution in [3.63, 3.8) is 0 Å². The van der Waals surface area contributed by atoms with Crippen LogP contribution in [0.5, 0.6) is 0 Å². The minimum Gasteiger partial charge on any atom is -0.357 e. The van der Waals surface area contributed by atoms with Gasteiger partial charge in [0.05, 0.1) is 5.69 Å². The standard InChI is InChI=1S/C16H30N4/c1-5-11-17-12-15-13(2)18-20(4)16(15)19(3)14-9-7-6-8-10-14/h14,17H,5-12H2,1-4H3. The number of rotatable bonds is 6. The van der Waals surface area contributed by atoms with Crippen LogP contribution in [0.4, 0.5) is 5.82 Å². The van der Waals surface area contributed by atoms with Gasteiger partial charge in [0, 0.05) is 32.2 Å².